The number of hydrogen-bond donors (Lipinski definition) is 2. The van der Waals surface area contributed by atoms with Crippen molar-refractivity contribution in [3.05, 3.63) is 52.5 Å². The van der Waals surface area contributed by atoms with E-state index in [2.05, 4.69) is 32.2 Å². The Balaban J connectivity index is 1.66. The molecule has 1 aromatic carbocycles. The van der Waals surface area contributed by atoms with E-state index in [1.165, 1.54) is 35.4 Å². The lowest BCUT2D eigenvalue weighted by Crippen LogP contribution is -2.29. The molecule has 0 saturated heterocycles. The Hall–Kier alpha value is -2.40. The fraction of sp³-hybridized carbons (Fsp3) is 0.391. The SMILES string of the molecule is CCC(C)(C)[C@@H]1CCc2nc3sc(C(=O)Nc4ccccc4)c(N)c3cc2C1. The van der Waals surface area contributed by atoms with E-state index >= 15 is 0 Å². The summed E-state index contributed by atoms with van der Waals surface area (Å²) in [6, 6.07) is 11.6. The average Bonchev–Trinajstić information content (AvgIpc) is 3.02. The van der Waals surface area contributed by atoms with Crippen molar-refractivity contribution in [1.82, 2.24) is 4.98 Å². The highest BCUT2D eigenvalue weighted by Gasteiger charge is 2.32. The van der Waals surface area contributed by atoms with Gasteiger partial charge >= 0.3 is 0 Å². The summed E-state index contributed by atoms with van der Waals surface area (Å²) in [6.45, 7) is 6.99. The summed E-state index contributed by atoms with van der Waals surface area (Å²) in [7, 11) is 0. The summed E-state index contributed by atoms with van der Waals surface area (Å²) in [5, 5.41) is 3.84. The number of hydrogen-bond acceptors (Lipinski definition) is 4. The first kappa shape index (κ1) is 18.9. The molecule has 28 heavy (non-hydrogen) atoms. The molecule has 0 saturated carbocycles. The van der Waals surface area contributed by atoms with Gasteiger partial charge in [0.15, 0.2) is 0 Å². The first-order valence-electron chi connectivity index (χ1n) is 9.96. The topological polar surface area (TPSA) is 68.0 Å². The highest BCUT2D eigenvalue weighted by molar-refractivity contribution is 7.21. The van der Waals surface area contributed by atoms with Crippen LogP contribution < -0.4 is 11.1 Å². The number of para-hydroxylation sites is 1. The number of amides is 1. The normalized spacial score (nSPS) is 16.8. The molecule has 0 radical (unpaired) electrons. The van der Waals surface area contributed by atoms with Crippen LogP contribution in [0.2, 0.25) is 0 Å². The van der Waals surface area contributed by atoms with Crippen LogP contribution in [0.15, 0.2) is 36.4 Å². The van der Waals surface area contributed by atoms with Gasteiger partial charge in [0.25, 0.3) is 5.91 Å². The molecule has 3 aromatic rings. The van der Waals surface area contributed by atoms with Crippen molar-refractivity contribution >= 4 is 38.8 Å². The molecule has 2 aromatic heterocycles. The molecule has 3 N–H and O–H groups in total. The zero-order chi connectivity index (χ0) is 19.9. The third kappa shape index (κ3) is 3.39. The molecule has 2 heterocycles. The third-order valence-corrected chi connectivity index (χ3v) is 7.45. The zero-order valence-electron chi connectivity index (χ0n) is 16.7. The van der Waals surface area contributed by atoms with Crippen LogP contribution in [0.4, 0.5) is 11.4 Å². The van der Waals surface area contributed by atoms with Crippen LogP contribution in [0.5, 0.6) is 0 Å². The standard InChI is InChI=1S/C23H27N3OS/c1-4-23(2,3)15-10-11-18-14(12-15)13-17-19(24)20(28-22(17)26-18)21(27)25-16-8-6-5-7-9-16/h5-9,13,15H,4,10-12,24H2,1-3H3,(H,25,27)/t15-/m1/s1. The number of thiophene rings is 1. The molecule has 0 bridgehead atoms. The van der Waals surface area contributed by atoms with Gasteiger partial charge in [0.05, 0.1) is 5.69 Å². The van der Waals surface area contributed by atoms with E-state index in [-0.39, 0.29) is 5.91 Å². The Morgan fingerprint density at radius 1 is 1.32 bits per heavy atom. The average molecular weight is 394 g/mol. The third-order valence-electron chi connectivity index (χ3n) is 6.34. The fourth-order valence-electron chi connectivity index (χ4n) is 4.02. The summed E-state index contributed by atoms with van der Waals surface area (Å²) in [6.07, 6.45) is 4.39. The molecule has 146 valence electrons. The second kappa shape index (κ2) is 7.21. The predicted octanol–water partition coefficient (Wildman–Crippen LogP) is 5.67. The van der Waals surface area contributed by atoms with Crippen LogP contribution >= 0.6 is 11.3 Å². The lowest BCUT2D eigenvalue weighted by Gasteiger charge is -2.36. The van der Waals surface area contributed by atoms with Gasteiger partial charge < -0.3 is 11.1 Å². The molecule has 0 unspecified atom stereocenters. The molecule has 1 amide bonds. The number of rotatable bonds is 4. The largest absolute Gasteiger partial charge is 0.397 e. The van der Waals surface area contributed by atoms with E-state index in [1.54, 1.807) is 0 Å². The molecule has 0 fully saturated rings. The fourth-order valence-corrected chi connectivity index (χ4v) is 5.02. The second-order valence-electron chi connectivity index (χ2n) is 8.39. The first-order valence-corrected chi connectivity index (χ1v) is 10.8. The van der Waals surface area contributed by atoms with E-state index in [0.29, 0.717) is 21.9 Å². The maximum Gasteiger partial charge on any atom is 0.267 e. The summed E-state index contributed by atoms with van der Waals surface area (Å²) in [4.78, 5) is 19.0. The van der Waals surface area contributed by atoms with Gasteiger partial charge in [-0.05, 0) is 54.4 Å². The van der Waals surface area contributed by atoms with E-state index in [0.717, 1.165) is 28.7 Å². The summed E-state index contributed by atoms with van der Waals surface area (Å²) in [5.41, 5.74) is 10.5. The number of aromatic nitrogens is 1. The van der Waals surface area contributed by atoms with Crippen LogP contribution in [-0.4, -0.2) is 10.9 Å². The molecule has 1 aliphatic rings. The molecule has 4 rings (SSSR count). The minimum absolute atomic E-state index is 0.172. The number of nitrogens with two attached hydrogens (primary N) is 1. The van der Waals surface area contributed by atoms with E-state index in [9.17, 15) is 4.79 Å². The number of aryl methyl sites for hydroxylation is 1. The Morgan fingerprint density at radius 2 is 2.07 bits per heavy atom. The maximum absolute atomic E-state index is 12.7. The Morgan fingerprint density at radius 3 is 2.79 bits per heavy atom. The van der Waals surface area contributed by atoms with E-state index in [4.69, 9.17) is 10.7 Å². The van der Waals surface area contributed by atoms with Crippen molar-refractivity contribution < 1.29 is 4.79 Å². The molecule has 4 nitrogen and oxygen atoms in total. The van der Waals surface area contributed by atoms with Gasteiger partial charge in [0.1, 0.15) is 9.71 Å². The van der Waals surface area contributed by atoms with Gasteiger partial charge in [0, 0.05) is 16.8 Å². The number of nitrogen functional groups attached to an aromatic ring is 1. The van der Waals surface area contributed by atoms with Crippen LogP contribution in [0.3, 0.4) is 0 Å². The van der Waals surface area contributed by atoms with Crippen LogP contribution in [-0.2, 0) is 12.8 Å². The Kier molecular flexibility index (Phi) is 4.88. The molecule has 0 spiro atoms. The van der Waals surface area contributed by atoms with Gasteiger partial charge in [0.2, 0.25) is 0 Å². The van der Waals surface area contributed by atoms with Crippen molar-refractivity contribution in [2.24, 2.45) is 11.3 Å². The molecule has 1 aliphatic carbocycles. The van der Waals surface area contributed by atoms with Crippen molar-refractivity contribution in [3.8, 4) is 0 Å². The monoisotopic (exact) mass is 393 g/mol. The zero-order valence-corrected chi connectivity index (χ0v) is 17.5. The lowest BCUT2D eigenvalue weighted by molar-refractivity contribution is 0.103. The molecule has 5 heteroatoms. The summed E-state index contributed by atoms with van der Waals surface area (Å²) >= 11 is 1.39. The number of benzene rings is 1. The van der Waals surface area contributed by atoms with E-state index < -0.39 is 0 Å². The van der Waals surface area contributed by atoms with Crippen LogP contribution in [0.1, 0.15) is 54.5 Å². The van der Waals surface area contributed by atoms with Gasteiger partial charge in [-0.3, -0.25) is 4.79 Å². The Bertz CT molecular complexity index is 1020. The number of nitrogens with zero attached hydrogens (tertiary/aromatic N) is 1. The number of carbonyl (C=O) groups is 1. The number of anilines is 2. The van der Waals surface area contributed by atoms with Crippen LogP contribution in [0, 0.1) is 11.3 Å². The Labute approximate surface area is 170 Å². The number of nitrogens with one attached hydrogen (secondary N) is 1. The number of carbonyl (C=O) groups excluding carboxylic acids is 1. The number of pyridine rings is 1. The number of fused-ring (bicyclic) bond motifs is 2. The molecular weight excluding hydrogens is 366 g/mol. The van der Waals surface area contributed by atoms with Gasteiger partial charge in [-0.2, -0.15) is 0 Å². The first-order chi connectivity index (χ1) is 13.4. The van der Waals surface area contributed by atoms with Crippen molar-refractivity contribution in [2.75, 3.05) is 11.1 Å². The smallest absolute Gasteiger partial charge is 0.267 e. The van der Waals surface area contributed by atoms with Crippen molar-refractivity contribution in [2.45, 2.75) is 46.5 Å². The van der Waals surface area contributed by atoms with Gasteiger partial charge in [-0.15, -0.1) is 11.3 Å². The summed E-state index contributed by atoms with van der Waals surface area (Å²) < 4.78 is 0. The van der Waals surface area contributed by atoms with Gasteiger partial charge in [-0.25, -0.2) is 4.98 Å². The lowest BCUT2D eigenvalue weighted by atomic mass is 9.69. The highest BCUT2D eigenvalue weighted by Crippen LogP contribution is 2.42. The second-order valence-corrected chi connectivity index (χ2v) is 9.39. The van der Waals surface area contributed by atoms with Gasteiger partial charge in [-0.1, -0.05) is 45.4 Å². The maximum atomic E-state index is 12.7. The van der Waals surface area contributed by atoms with Crippen molar-refractivity contribution in [1.29, 1.82) is 0 Å². The van der Waals surface area contributed by atoms with Crippen LogP contribution in [0.25, 0.3) is 10.2 Å². The molecule has 1 atom stereocenters. The highest BCUT2D eigenvalue weighted by atomic mass is 32.1. The van der Waals surface area contributed by atoms with E-state index in [1.807, 2.05) is 30.3 Å². The molecular formula is C23H27N3OS. The summed E-state index contributed by atoms with van der Waals surface area (Å²) in [5.74, 6) is 0.486. The minimum Gasteiger partial charge on any atom is -0.397 e. The quantitative estimate of drug-likeness (QED) is 0.600. The van der Waals surface area contributed by atoms with Crippen molar-refractivity contribution in [3.63, 3.8) is 0 Å². The molecule has 0 aliphatic heterocycles. The minimum atomic E-state index is -0.172. The predicted molar refractivity (Wildman–Crippen MR) is 118 cm³/mol.